The quantitative estimate of drug-likeness (QED) is 0.727. The van der Waals surface area contributed by atoms with E-state index in [1.165, 1.54) is 18.2 Å². The molecule has 2 aromatic rings. The summed E-state index contributed by atoms with van der Waals surface area (Å²) < 4.78 is 25.1. The van der Waals surface area contributed by atoms with Crippen LogP contribution in [0.5, 0.6) is 11.5 Å². The summed E-state index contributed by atoms with van der Waals surface area (Å²) in [4.78, 5) is 35.9. The molecule has 0 bridgehead atoms. The van der Waals surface area contributed by atoms with E-state index in [-0.39, 0.29) is 22.6 Å². The maximum Gasteiger partial charge on any atom is 0.409 e. The van der Waals surface area contributed by atoms with Gasteiger partial charge in [-0.2, -0.15) is 0 Å². The van der Waals surface area contributed by atoms with E-state index < -0.39 is 17.0 Å². The van der Waals surface area contributed by atoms with E-state index in [9.17, 15) is 18.8 Å². The third-order valence-corrected chi connectivity index (χ3v) is 5.58. The molecule has 1 unspecified atom stereocenters. The summed E-state index contributed by atoms with van der Waals surface area (Å²) in [5.74, 6) is -0.271. The van der Waals surface area contributed by atoms with Crippen molar-refractivity contribution in [1.29, 1.82) is 0 Å². The van der Waals surface area contributed by atoms with E-state index in [2.05, 4.69) is 5.32 Å². The topological polar surface area (TPSA) is 84.9 Å². The van der Waals surface area contributed by atoms with Gasteiger partial charge in [-0.3, -0.25) is 14.9 Å². The van der Waals surface area contributed by atoms with Gasteiger partial charge in [0.2, 0.25) is 0 Å². The molecule has 0 spiro atoms. The van der Waals surface area contributed by atoms with Gasteiger partial charge in [0.25, 0.3) is 11.1 Å². The zero-order valence-electron chi connectivity index (χ0n) is 15.9. The Morgan fingerprint density at radius 3 is 2.53 bits per heavy atom. The zero-order chi connectivity index (χ0) is 21.3. The predicted molar refractivity (Wildman–Crippen MR) is 109 cm³/mol. The van der Waals surface area contributed by atoms with Crippen molar-refractivity contribution in [1.82, 2.24) is 10.2 Å². The van der Waals surface area contributed by atoms with Crippen LogP contribution in [0.25, 0.3) is 6.08 Å². The molecule has 4 rings (SSSR count). The number of ether oxygens (including phenoxy) is 2. The molecule has 2 saturated heterocycles. The number of benzene rings is 2. The number of likely N-dealkylation sites (N-methyl/N-ethyl adjacent to an activating group) is 1. The molecular weight excluding hydrogens is 411 g/mol. The van der Waals surface area contributed by atoms with Gasteiger partial charge in [-0.1, -0.05) is 12.1 Å². The van der Waals surface area contributed by atoms with Gasteiger partial charge in [-0.05, 0) is 54.1 Å². The fraction of sp³-hybridized carbons (Fsp3) is 0.190. The first-order chi connectivity index (χ1) is 14.4. The van der Waals surface area contributed by atoms with Gasteiger partial charge in [0.1, 0.15) is 23.9 Å². The Kier molecular flexibility index (Phi) is 5.45. The number of amides is 3. The van der Waals surface area contributed by atoms with Gasteiger partial charge in [-0.15, -0.1) is 0 Å². The smallest absolute Gasteiger partial charge is 0.409 e. The van der Waals surface area contributed by atoms with Crippen molar-refractivity contribution in [3.05, 3.63) is 64.3 Å². The summed E-state index contributed by atoms with van der Waals surface area (Å²) in [6.45, 7) is 0.365. The lowest BCUT2D eigenvalue weighted by molar-refractivity contribution is -0.115. The highest BCUT2D eigenvalue weighted by Gasteiger charge is 2.29. The van der Waals surface area contributed by atoms with E-state index in [1.807, 2.05) is 12.1 Å². The van der Waals surface area contributed by atoms with Crippen molar-refractivity contribution in [2.24, 2.45) is 0 Å². The van der Waals surface area contributed by atoms with Crippen LogP contribution < -0.4 is 10.1 Å². The van der Waals surface area contributed by atoms with Crippen LogP contribution in [0.4, 0.5) is 14.0 Å². The Labute approximate surface area is 175 Å². The molecule has 2 aliphatic rings. The highest BCUT2D eigenvalue weighted by Crippen LogP contribution is 2.29. The normalized spacial score (nSPS) is 19.9. The molecule has 154 valence electrons. The summed E-state index contributed by atoms with van der Waals surface area (Å²) >= 11 is 0.731. The van der Waals surface area contributed by atoms with Crippen molar-refractivity contribution in [3.8, 4) is 11.5 Å². The number of carbonyl (C=O) groups is 3. The number of cyclic esters (lactones) is 1. The summed E-state index contributed by atoms with van der Waals surface area (Å²) in [6, 6.07) is 11.6. The highest BCUT2D eigenvalue weighted by molar-refractivity contribution is 8.18. The molecule has 1 N–H and O–H groups in total. The predicted octanol–water partition coefficient (Wildman–Crippen LogP) is 3.94. The van der Waals surface area contributed by atoms with E-state index in [4.69, 9.17) is 9.47 Å². The fourth-order valence-electron chi connectivity index (χ4n) is 3.08. The fourth-order valence-corrected chi connectivity index (χ4v) is 3.75. The molecular formula is C21H17FN2O5S. The molecule has 9 heteroatoms. The molecule has 0 saturated carbocycles. The summed E-state index contributed by atoms with van der Waals surface area (Å²) in [7, 11) is 1.71. The molecule has 30 heavy (non-hydrogen) atoms. The van der Waals surface area contributed by atoms with E-state index in [0.29, 0.717) is 24.5 Å². The lowest BCUT2D eigenvalue weighted by atomic mass is 10.1. The second kappa shape index (κ2) is 8.19. The van der Waals surface area contributed by atoms with E-state index in [0.717, 1.165) is 17.3 Å². The Bertz CT molecular complexity index is 1050. The van der Waals surface area contributed by atoms with Crippen LogP contribution in [0.1, 0.15) is 11.1 Å². The Hall–Kier alpha value is -3.33. The minimum atomic E-state index is -0.571. The van der Waals surface area contributed by atoms with Crippen LogP contribution >= 0.6 is 11.8 Å². The molecule has 0 aromatic heterocycles. The van der Waals surface area contributed by atoms with Gasteiger partial charge < -0.3 is 14.4 Å². The molecule has 7 nitrogen and oxygen atoms in total. The number of nitrogens with one attached hydrogen (secondary N) is 1. The molecule has 0 radical (unpaired) electrons. The third kappa shape index (κ3) is 4.30. The molecule has 2 fully saturated rings. The number of hydrogen-bond donors (Lipinski definition) is 1. The average molecular weight is 428 g/mol. The molecule has 1 atom stereocenters. The third-order valence-electron chi connectivity index (χ3n) is 4.77. The summed E-state index contributed by atoms with van der Waals surface area (Å²) in [6.07, 6.45) is 1.67. The number of thioether (sulfide) groups is 1. The standard InChI is InChI=1S/C21H17FN2O5S/c1-24-14(11-28-21(24)27)8-12-2-5-15(6-3-12)29-16-7-4-13(17(22)10-16)9-18-19(25)23-20(26)30-18/h2-7,9-10,14H,8,11H2,1H3,(H,23,25,26)/b18-9+. The average Bonchev–Trinajstić information content (AvgIpc) is 3.20. The second-order valence-electron chi connectivity index (χ2n) is 6.83. The zero-order valence-corrected chi connectivity index (χ0v) is 16.7. The molecule has 0 aliphatic carbocycles. The van der Waals surface area contributed by atoms with Crippen molar-refractivity contribution in [2.75, 3.05) is 13.7 Å². The van der Waals surface area contributed by atoms with Crippen LogP contribution in [0.3, 0.4) is 0 Å². The number of halogens is 1. The van der Waals surface area contributed by atoms with Gasteiger partial charge in [0.05, 0.1) is 10.9 Å². The lowest BCUT2D eigenvalue weighted by Crippen LogP contribution is -2.30. The lowest BCUT2D eigenvalue weighted by Gasteiger charge is -2.16. The Morgan fingerprint density at radius 1 is 1.20 bits per heavy atom. The van der Waals surface area contributed by atoms with Gasteiger partial charge in [0.15, 0.2) is 0 Å². The minimum absolute atomic E-state index is 0.00423. The number of nitrogens with zero attached hydrogens (tertiary/aromatic N) is 1. The van der Waals surface area contributed by atoms with Gasteiger partial charge in [0, 0.05) is 18.7 Å². The van der Waals surface area contributed by atoms with Crippen LogP contribution in [0.2, 0.25) is 0 Å². The number of hydrogen-bond acceptors (Lipinski definition) is 6. The van der Waals surface area contributed by atoms with Crippen LogP contribution in [-0.2, 0) is 16.0 Å². The van der Waals surface area contributed by atoms with Crippen molar-refractivity contribution >= 4 is 35.1 Å². The SMILES string of the molecule is CN1C(=O)OCC1Cc1ccc(Oc2ccc(/C=C3/SC(=O)NC3=O)c(F)c2)cc1. The Balaban J connectivity index is 1.41. The molecule has 2 heterocycles. The first-order valence-electron chi connectivity index (χ1n) is 9.10. The van der Waals surface area contributed by atoms with Crippen LogP contribution in [-0.4, -0.2) is 41.8 Å². The van der Waals surface area contributed by atoms with Gasteiger partial charge >= 0.3 is 6.09 Å². The largest absolute Gasteiger partial charge is 0.457 e. The van der Waals surface area contributed by atoms with Gasteiger partial charge in [-0.25, -0.2) is 9.18 Å². The van der Waals surface area contributed by atoms with Crippen molar-refractivity contribution < 1.29 is 28.2 Å². The summed E-state index contributed by atoms with van der Waals surface area (Å²) in [5.41, 5.74) is 1.20. The minimum Gasteiger partial charge on any atom is -0.457 e. The first kappa shape index (κ1) is 20.0. The second-order valence-corrected chi connectivity index (χ2v) is 7.84. The highest BCUT2D eigenvalue weighted by atomic mass is 32.2. The number of rotatable bonds is 5. The molecule has 3 amide bonds. The Morgan fingerprint density at radius 2 is 1.93 bits per heavy atom. The monoisotopic (exact) mass is 428 g/mol. The maximum absolute atomic E-state index is 14.4. The van der Waals surface area contributed by atoms with Crippen LogP contribution in [0, 0.1) is 5.82 Å². The summed E-state index contributed by atoms with van der Waals surface area (Å²) in [5, 5.41) is 1.65. The van der Waals surface area contributed by atoms with E-state index in [1.54, 1.807) is 30.1 Å². The first-order valence-corrected chi connectivity index (χ1v) is 9.91. The molecule has 2 aromatic carbocycles. The van der Waals surface area contributed by atoms with Crippen LogP contribution in [0.15, 0.2) is 47.4 Å². The maximum atomic E-state index is 14.4. The van der Waals surface area contributed by atoms with Crippen molar-refractivity contribution in [3.63, 3.8) is 0 Å². The van der Waals surface area contributed by atoms with Crippen molar-refractivity contribution in [2.45, 2.75) is 12.5 Å². The number of carbonyl (C=O) groups excluding carboxylic acids is 3. The molecule has 2 aliphatic heterocycles. The number of imide groups is 1. The van der Waals surface area contributed by atoms with E-state index >= 15 is 0 Å².